The van der Waals surface area contributed by atoms with Gasteiger partial charge in [-0.15, -0.1) is 23.2 Å². The van der Waals surface area contributed by atoms with E-state index in [1.54, 1.807) is 0 Å². The Kier molecular flexibility index (Phi) is 5.98. The lowest BCUT2D eigenvalue weighted by Gasteiger charge is -2.40. The second kappa shape index (κ2) is 6.67. The van der Waals surface area contributed by atoms with Crippen molar-refractivity contribution in [3.63, 3.8) is 0 Å². The van der Waals surface area contributed by atoms with Crippen LogP contribution in [0.1, 0.15) is 54.9 Å². The maximum absolute atomic E-state index is 13.1. The molecule has 1 aliphatic rings. The smallest absolute Gasteiger partial charge is 0.197 e. The van der Waals surface area contributed by atoms with Gasteiger partial charge < -0.3 is 4.74 Å². The highest BCUT2D eigenvalue weighted by Crippen LogP contribution is 2.44. The molecule has 22 heavy (non-hydrogen) atoms. The molecule has 0 N–H and O–H groups in total. The van der Waals surface area contributed by atoms with E-state index in [1.807, 2.05) is 39.8 Å². The van der Waals surface area contributed by atoms with Gasteiger partial charge in [-0.2, -0.15) is 0 Å². The Morgan fingerprint density at radius 2 is 1.68 bits per heavy atom. The van der Waals surface area contributed by atoms with Crippen LogP contribution >= 0.6 is 23.2 Å². The average molecular weight is 347 g/mol. The third-order valence-corrected chi connectivity index (χ3v) is 4.46. The molecule has 0 radical (unpaired) electrons. The van der Waals surface area contributed by atoms with Crippen molar-refractivity contribution in [2.75, 3.05) is 6.61 Å². The van der Waals surface area contributed by atoms with Crippen molar-refractivity contribution in [3.8, 4) is 0 Å². The van der Waals surface area contributed by atoms with E-state index in [0.29, 0.717) is 12.2 Å². The van der Waals surface area contributed by atoms with E-state index in [0.717, 1.165) is 12.0 Å². The summed E-state index contributed by atoms with van der Waals surface area (Å²) in [6.45, 7) is 14.8. The molecule has 4 heteroatoms. The summed E-state index contributed by atoms with van der Waals surface area (Å²) in [7, 11) is 0. The van der Waals surface area contributed by atoms with Gasteiger partial charge in [0.25, 0.3) is 0 Å². The topological polar surface area (TPSA) is 26.3 Å². The summed E-state index contributed by atoms with van der Waals surface area (Å²) < 4.78 is 5.91. The largest absolute Gasteiger partial charge is 0.360 e. The predicted molar refractivity (Wildman–Crippen MR) is 94.6 cm³/mol. The molecule has 1 atom stereocenters. The second-order valence-corrected chi connectivity index (χ2v) is 9.03. The minimum Gasteiger partial charge on any atom is -0.360 e. The molecule has 2 nitrogen and oxygen atoms in total. The molecule has 0 heterocycles. The van der Waals surface area contributed by atoms with Crippen molar-refractivity contribution in [1.29, 1.82) is 0 Å². The van der Waals surface area contributed by atoms with Gasteiger partial charge in [0.1, 0.15) is 4.84 Å². The van der Waals surface area contributed by atoms with Gasteiger partial charge in [0.05, 0.1) is 0 Å². The van der Waals surface area contributed by atoms with Crippen LogP contribution in [0.15, 0.2) is 23.3 Å². The van der Waals surface area contributed by atoms with E-state index >= 15 is 0 Å². The summed E-state index contributed by atoms with van der Waals surface area (Å²) in [6.07, 6.45) is 4.60. The Morgan fingerprint density at radius 1 is 1.14 bits per heavy atom. The number of carbonyl (C=O) groups excluding carboxylic acids is 1. The molecular formula is C18H28Cl2O2. The summed E-state index contributed by atoms with van der Waals surface area (Å²) in [5.74, 6) is -0.128. The third-order valence-electron chi connectivity index (χ3n) is 3.81. The summed E-state index contributed by atoms with van der Waals surface area (Å²) in [5, 5.41) is 0. The van der Waals surface area contributed by atoms with Crippen molar-refractivity contribution in [2.45, 2.75) is 65.3 Å². The molecule has 1 aliphatic carbocycles. The van der Waals surface area contributed by atoms with Crippen molar-refractivity contribution in [2.24, 2.45) is 10.8 Å². The summed E-state index contributed by atoms with van der Waals surface area (Å²) in [6, 6.07) is 0. The fraction of sp³-hybridized carbons (Fsp3) is 0.722. The van der Waals surface area contributed by atoms with Gasteiger partial charge >= 0.3 is 0 Å². The number of ketones is 1. The molecule has 1 unspecified atom stereocenters. The molecule has 0 bridgehead atoms. The molecule has 126 valence electrons. The van der Waals surface area contributed by atoms with E-state index in [1.165, 1.54) is 0 Å². The zero-order chi connectivity index (χ0) is 17.3. The second-order valence-electron chi connectivity index (χ2n) is 7.93. The van der Waals surface area contributed by atoms with E-state index in [2.05, 4.69) is 20.8 Å². The van der Waals surface area contributed by atoms with Crippen LogP contribution in [0, 0.1) is 10.8 Å². The molecule has 0 fully saturated rings. The van der Waals surface area contributed by atoms with Crippen LogP contribution < -0.4 is 0 Å². The SMILES string of the molecule is CCCOC1(C(Cl)Cl)C=C(C(C)(C)C)C=C(C(C)(C)C)C1=O. The molecule has 0 amide bonds. The van der Waals surface area contributed by atoms with Crippen LogP contribution in [-0.4, -0.2) is 22.8 Å². The number of ether oxygens (including phenoxy) is 1. The Hall–Kier alpha value is -0.310. The lowest BCUT2D eigenvalue weighted by Crippen LogP contribution is -2.50. The number of carbonyl (C=O) groups is 1. The van der Waals surface area contributed by atoms with Gasteiger partial charge in [-0.25, -0.2) is 0 Å². The molecule has 0 aliphatic heterocycles. The Bertz CT molecular complexity index is 490. The molecule has 0 aromatic heterocycles. The predicted octanol–water partition coefficient (Wildman–Crippen LogP) is 5.48. The third kappa shape index (κ3) is 3.96. The number of halogens is 2. The normalized spacial score (nSPS) is 23.6. The first-order chi connectivity index (χ1) is 9.86. The maximum atomic E-state index is 13.1. The van der Waals surface area contributed by atoms with Gasteiger partial charge in [-0.3, -0.25) is 4.79 Å². The van der Waals surface area contributed by atoms with E-state index in [9.17, 15) is 4.79 Å². The van der Waals surface area contributed by atoms with Crippen LogP contribution in [0.25, 0.3) is 0 Å². The lowest BCUT2D eigenvalue weighted by atomic mass is 9.70. The average Bonchev–Trinajstić information content (AvgIpc) is 2.34. The van der Waals surface area contributed by atoms with E-state index in [4.69, 9.17) is 27.9 Å². The zero-order valence-corrected chi connectivity index (χ0v) is 16.2. The molecule has 0 aromatic rings. The molecule has 0 saturated heterocycles. The highest BCUT2D eigenvalue weighted by molar-refractivity contribution is 6.47. The number of alkyl halides is 2. The highest BCUT2D eigenvalue weighted by atomic mass is 35.5. The first-order valence-electron chi connectivity index (χ1n) is 7.78. The maximum Gasteiger partial charge on any atom is 0.197 e. The molecule has 1 rings (SSSR count). The van der Waals surface area contributed by atoms with E-state index in [-0.39, 0.29) is 16.6 Å². The van der Waals surface area contributed by atoms with Crippen molar-refractivity contribution in [1.82, 2.24) is 0 Å². The number of allylic oxidation sites excluding steroid dienone is 2. The zero-order valence-electron chi connectivity index (χ0n) is 14.7. The van der Waals surface area contributed by atoms with Crippen LogP contribution in [0.3, 0.4) is 0 Å². The molecule has 0 saturated carbocycles. The quantitative estimate of drug-likeness (QED) is 0.629. The summed E-state index contributed by atoms with van der Waals surface area (Å²) in [5.41, 5.74) is 0.0206. The van der Waals surface area contributed by atoms with Crippen molar-refractivity contribution >= 4 is 29.0 Å². The number of hydrogen-bond acceptors (Lipinski definition) is 2. The van der Waals surface area contributed by atoms with Crippen molar-refractivity contribution in [3.05, 3.63) is 23.3 Å². The Morgan fingerprint density at radius 3 is 2.05 bits per heavy atom. The minimum atomic E-state index is -1.29. The van der Waals surface area contributed by atoms with Crippen LogP contribution in [0.2, 0.25) is 0 Å². The molecule has 0 spiro atoms. The van der Waals surface area contributed by atoms with Crippen LogP contribution in [0.4, 0.5) is 0 Å². The number of rotatable bonds is 4. The highest BCUT2D eigenvalue weighted by Gasteiger charge is 2.50. The Balaban J connectivity index is 3.53. The summed E-state index contributed by atoms with van der Waals surface area (Å²) >= 11 is 12.4. The fourth-order valence-corrected chi connectivity index (χ4v) is 2.81. The number of hydrogen-bond donors (Lipinski definition) is 0. The first kappa shape index (κ1) is 19.7. The minimum absolute atomic E-state index is 0.124. The van der Waals surface area contributed by atoms with E-state index < -0.39 is 10.4 Å². The number of Topliss-reactive ketones (excluding diaryl/α,β-unsaturated/α-hetero) is 1. The fourth-order valence-electron chi connectivity index (χ4n) is 2.36. The van der Waals surface area contributed by atoms with Crippen molar-refractivity contribution < 1.29 is 9.53 Å². The van der Waals surface area contributed by atoms with Gasteiger partial charge in [0.15, 0.2) is 11.4 Å². The van der Waals surface area contributed by atoms with Gasteiger partial charge in [0, 0.05) is 12.2 Å². The van der Waals surface area contributed by atoms with Gasteiger partial charge in [-0.05, 0) is 28.9 Å². The summed E-state index contributed by atoms with van der Waals surface area (Å²) in [4.78, 5) is 12.2. The van der Waals surface area contributed by atoms with Crippen LogP contribution in [0.5, 0.6) is 0 Å². The van der Waals surface area contributed by atoms with Gasteiger partial charge in [0.2, 0.25) is 0 Å². The Labute approximate surface area is 144 Å². The molecular weight excluding hydrogens is 319 g/mol. The molecule has 0 aromatic carbocycles. The van der Waals surface area contributed by atoms with Crippen LogP contribution in [-0.2, 0) is 9.53 Å². The first-order valence-corrected chi connectivity index (χ1v) is 8.66. The lowest BCUT2D eigenvalue weighted by molar-refractivity contribution is -0.134. The standard InChI is InChI=1S/C18H28Cl2O2/c1-8-9-22-18(15(19)20)11-12(16(2,3)4)10-13(14(18)21)17(5,6)7/h10-11,15H,8-9H2,1-7H3. The van der Waals surface area contributed by atoms with Gasteiger partial charge in [-0.1, -0.05) is 54.5 Å². The monoisotopic (exact) mass is 346 g/mol.